The number of primary amides is 1. The standard InChI is InChI=1S/C100H135ClN22O25S/c1-54(124)84(99(147)108-41-17-13-23-66(105)87(135)110-52-80(127)111-79(53-149)98(146)114-70(26-11-15-39-103)89(137)112-69(86(107)134)25-10-14-38-102)122-97(145)74(43-56-18-4-3-5-19-56)121-100(148)85(55(2)125)123-90(138)71(27-12-16-40-104)113-94(142)76(47-62-51-109-68-24-9-8-22-65(62)68)119-92(140)73(45-58-31-36-64(126)37-32-58)116-91(139)72(44-57-29-34-63(101)35-30-57)117-93(141)75(46-59-28-33-60-20-6-7-21-61(60)42-59)118-96(144)78(50-83(132)133)120-95(143)77(49-82(130)131)115-88(136)67(106)48-81(128)129/h3-9,18-22,24,28-37,42,51,54-55,66-67,69-79,84-85,109,124-126,149H,10-17,23,25-27,38-41,43-50,52-53,102-106H2,1-2H3,(H2,107,134)(H,108,147)(H,110,135)(H,111,127)(H,112,137)(H,113,142)(H,114,146)(H,115,136)(H,116,139)(H,117,141)(H,118,144)(H,119,140)(H,120,143)(H,121,148)(H,122,145)(H,123,138)(H,128,129)(H,130,131)(H,132,133)/t54-,55-,66+,67+,69+,70+,71+,72+,73+,74+,75-,76-,77+,78+,79+,84+,85+/m1/s1. The number of thiol groups is 1. The Morgan fingerprint density at radius 2 is 0.738 bits per heavy atom. The lowest BCUT2D eigenvalue weighted by molar-refractivity contribution is -0.144. The normalized spacial score (nSPS) is 14.6. The number of amides is 16. The van der Waals surface area contributed by atoms with Crippen LogP contribution in [0, 0.1) is 0 Å². The van der Waals surface area contributed by atoms with Crippen molar-refractivity contribution in [3.63, 3.8) is 0 Å². The molecule has 0 aliphatic heterocycles. The second-order valence-electron chi connectivity index (χ2n) is 36.0. The maximum atomic E-state index is 15.7. The van der Waals surface area contributed by atoms with E-state index >= 15 is 24.0 Å². The maximum absolute atomic E-state index is 15.7. The second kappa shape index (κ2) is 62.4. The van der Waals surface area contributed by atoms with E-state index in [4.69, 9.17) is 46.0 Å². The minimum atomic E-state index is -2.17. The van der Waals surface area contributed by atoms with Crippen LogP contribution in [0.5, 0.6) is 5.75 Å². The molecule has 0 radical (unpaired) electrons. The quantitative estimate of drug-likeness (QED) is 0.0130. The van der Waals surface area contributed by atoms with Gasteiger partial charge in [-0.3, -0.25) is 91.1 Å². The molecule has 0 bridgehead atoms. The summed E-state index contributed by atoms with van der Waals surface area (Å²) < 4.78 is 0. The third-order valence-electron chi connectivity index (χ3n) is 24.0. The maximum Gasteiger partial charge on any atom is 0.305 e. The Kier molecular flexibility index (Phi) is 50.7. The number of aliphatic hydroxyl groups excluding tert-OH is 2. The van der Waals surface area contributed by atoms with E-state index in [1.807, 2.05) is 5.32 Å². The van der Waals surface area contributed by atoms with E-state index in [-0.39, 0.29) is 93.8 Å². The number of aliphatic carboxylic acids is 3. The van der Waals surface area contributed by atoms with Crippen LogP contribution in [-0.2, 0) is 123 Å². The summed E-state index contributed by atoms with van der Waals surface area (Å²) >= 11 is 10.5. The molecule has 17 atom stereocenters. The molecule has 0 unspecified atom stereocenters. The fourth-order valence-electron chi connectivity index (χ4n) is 15.8. The summed E-state index contributed by atoms with van der Waals surface area (Å²) in [6, 6.07) is 13.7. The smallest absolute Gasteiger partial charge is 0.305 e. The van der Waals surface area contributed by atoms with Crippen molar-refractivity contribution in [3.8, 4) is 5.75 Å². The first-order chi connectivity index (χ1) is 71.0. The molecular weight excluding hydrogens is 1980 g/mol. The Balaban J connectivity index is 1.09. The molecule has 7 rings (SSSR count). The van der Waals surface area contributed by atoms with Gasteiger partial charge in [0.05, 0.1) is 50.1 Å². The number of fused-ring (bicyclic) bond motifs is 2. The highest BCUT2D eigenvalue weighted by Crippen LogP contribution is 2.24. The lowest BCUT2D eigenvalue weighted by Crippen LogP contribution is -2.62. The zero-order chi connectivity index (χ0) is 110. The third kappa shape index (κ3) is 41.5. The number of nitrogens with one attached hydrogen (secondary N) is 16. The molecule has 1 aromatic heterocycles. The predicted octanol–water partition coefficient (Wildman–Crippen LogP) is -3.46. The highest BCUT2D eigenvalue weighted by molar-refractivity contribution is 7.80. The average molecular weight is 2110 g/mol. The number of hydrogen-bond acceptors (Lipinski definition) is 28. The summed E-state index contributed by atoms with van der Waals surface area (Å²) in [4.78, 5) is 267. The number of halogens is 1. The van der Waals surface area contributed by atoms with E-state index in [0.717, 1.165) is 12.3 Å². The number of aromatic hydroxyl groups is 1. The summed E-state index contributed by atoms with van der Waals surface area (Å²) in [7, 11) is 0. The number of aliphatic hydroxyl groups is 2. The van der Waals surface area contributed by atoms with Crippen molar-refractivity contribution in [1.29, 1.82) is 0 Å². The molecule has 7 aromatic rings. The van der Waals surface area contributed by atoms with E-state index in [1.54, 1.807) is 103 Å². The van der Waals surface area contributed by atoms with Gasteiger partial charge >= 0.3 is 17.9 Å². The van der Waals surface area contributed by atoms with Crippen molar-refractivity contribution in [1.82, 2.24) is 84.7 Å². The minimum absolute atomic E-state index is 0.0215. The second-order valence-corrected chi connectivity index (χ2v) is 36.8. The van der Waals surface area contributed by atoms with Gasteiger partial charge in [-0.1, -0.05) is 127 Å². The molecule has 47 nitrogen and oxygen atoms in total. The fourth-order valence-corrected chi connectivity index (χ4v) is 16.2. The van der Waals surface area contributed by atoms with Gasteiger partial charge in [0.1, 0.15) is 84.3 Å². The van der Waals surface area contributed by atoms with Crippen LogP contribution in [0.1, 0.15) is 138 Å². The first kappa shape index (κ1) is 121. The van der Waals surface area contributed by atoms with Crippen LogP contribution in [0.2, 0.25) is 5.02 Å². The van der Waals surface area contributed by atoms with Crippen LogP contribution in [-0.4, -0.2) is 289 Å². The number of nitrogens with two attached hydrogens (primary N) is 6. The summed E-state index contributed by atoms with van der Waals surface area (Å²) in [5.41, 5.74) is 37.1. The minimum Gasteiger partial charge on any atom is -0.508 e. The van der Waals surface area contributed by atoms with Crippen LogP contribution >= 0.6 is 24.2 Å². The van der Waals surface area contributed by atoms with Gasteiger partial charge in [0.2, 0.25) is 94.5 Å². The van der Waals surface area contributed by atoms with Crippen LogP contribution in [0.25, 0.3) is 21.7 Å². The van der Waals surface area contributed by atoms with Crippen molar-refractivity contribution in [2.45, 2.75) is 245 Å². The number of carboxylic acids is 3. The molecule has 808 valence electrons. The van der Waals surface area contributed by atoms with Crippen molar-refractivity contribution in [2.75, 3.05) is 38.5 Å². The predicted molar refractivity (Wildman–Crippen MR) is 550 cm³/mol. The molecule has 1 heterocycles. The summed E-state index contributed by atoms with van der Waals surface area (Å²) in [6.07, 6.45) is -4.22. The zero-order valence-electron chi connectivity index (χ0n) is 82.4. The highest BCUT2D eigenvalue weighted by atomic mass is 35.5. The average Bonchev–Trinajstić information content (AvgIpc) is 1.69. The van der Waals surface area contributed by atoms with Crippen LogP contribution in [0.3, 0.4) is 0 Å². The largest absolute Gasteiger partial charge is 0.508 e. The van der Waals surface area contributed by atoms with Crippen LogP contribution in [0.15, 0.2) is 152 Å². The number of carboxylic acid groups (broad SMARTS) is 3. The molecule has 0 spiro atoms. The number of phenols is 1. The molecule has 0 aliphatic rings. The number of H-pyrrole nitrogens is 1. The lowest BCUT2D eigenvalue weighted by Gasteiger charge is -2.29. The van der Waals surface area contributed by atoms with Gasteiger partial charge in [-0.15, -0.1) is 0 Å². The van der Waals surface area contributed by atoms with Crippen LogP contribution < -0.4 is 114 Å². The topological polar surface area (TPSA) is 798 Å². The van der Waals surface area contributed by atoms with Gasteiger partial charge in [0.25, 0.3) is 0 Å². The van der Waals surface area contributed by atoms with Gasteiger partial charge in [0, 0.05) is 66.5 Å². The summed E-state index contributed by atoms with van der Waals surface area (Å²) in [5, 5.41) is 102. The summed E-state index contributed by atoms with van der Waals surface area (Å²) in [6.45, 7) is 2.36. The molecule has 49 heteroatoms. The number of carbonyl (C=O) groups excluding carboxylic acids is 16. The van der Waals surface area contributed by atoms with Crippen molar-refractivity contribution in [3.05, 3.63) is 185 Å². The number of rotatable bonds is 66. The number of unbranched alkanes of at least 4 members (excludes halogenated alkanes) is 4. The van der Waals surface area contributed by atoms with Crippen LogP contribution in [0.4, 0.5) is 0 Å². The van der Waals surface area contributed by atoms with E-state index in [2.05, 4.69) is 92.0 Å². The SMILES string of the molecule is C[C@@H](O)[C@H](NC(=O)[C@H](Cc1ccccc1)NC(=O)[C@@H](NC(=O)[C@H](CCCCN)NC(=O)[C@@H](Cc1c[nH]c2ccccc12)NC(=O)[C@H](Cc1ccc(O)cc1)NC(=O)[C@H](Cc1ccc(Cl)cc1)NC(=O)[C@@H](Cc1ccc2ccccc2c1)NC(=O)[C@H](CC(=O)O)NC(=O)[C@H](CC(=O)O)NC(=O)[C@@H](N)CC(=O)O)[C@@H](C)O)C(=O)NCCCC[C@H](N)C(=O)NCC(=O)N[C@@H](CS)C(=O)N[C@@H](CCCCN)C(=O)N[C@@H](CCCCN)C(N)=O. The van der Waals surface area contributed by atoms with Gasteiger partial charge in [-0.2, -0.15) is 12.6 Å². The monoisotopic (exact) mass is 2110 g/mol. The third-order valence-corrected chi connectivity index (χ3v) is 24.6. The molecule has 34 N–H and O–H groups in total. The summed E-state index contributed by atoms with van der Waals surface area (Å²) in [5.74, 6) is -21.9. The molecule has 0 saturated heterocycles. The Hall–Kier alpha value is -14.8. The van der Waals surface area contributed by atoms with E-state index in [0.29, 0.717) is 82.9 Å². The first-order valence-corrected chi connectivity index (χ1v) is 49.6. The Morgan fingerprint density at radius 3 is 1.23 bits per heavy atom. The molecule has 0 fully saturated rings. The van der Waals surface area contributed by atoms with Gasteiger partial charge in [0.15, 0.2) is 0 Å². The Bertz CT molecular complexity index is 5730. The molecule has 0 saturated carbocycles. The van der Waals surface area contributed by atoms with Gasteiger partial charge in [-0.25, -0.2) is 0 Å². The fraction of sp³-hybridized carbons (Fsp3) is 0.450. The van der Waals surface area contributed by atoms with Crippen molar-refractivity contribution < 1.29 is 122 Å². The number of benzene rings is 6. The molecule has 16 amide bonds. The highest BCUT2D eigenvalue weighted by Gasteiger charge is 2.41. The van der Waals surface area contributed by atoms with E-state index in [1.165, 1.54) is 55.5 Å². The number of aromatic nitrogens is 1. The Morgan fingerprint density at radius 1 is 0.356 bits per heavy atom. The number of para-hydroxylation sites is 1. The van der Waals surface area contributed by atoms with Crippen molar-refractivity contribution >= 4 is 158 Å². The van der Waals surface area contributed by atoms with E-state index < -0.39 is 260 Å². The lowest BCUT2D eigenvalue weighted by atomic mass is 9.99. The molecule has 6 aromatic carbocycles. The van der Waals surface area contributed by atoms with E-state index in [9.17, 15) is 97.8 Å². The molecule has 149 heavy (non-hydrogen) atoms. The number of aromatic amines is 1. The zero-order valence-corrected chi connectivity index (χ0v) is 84.0. The van der Waals surface area contributed by atoms with Crippen molar-refractivity contribution in [2.24, 2.45) is 34.4 Å². The number of hydrogen-bond donors (Lipinski definition) is 29. The molecular formula is C100H135ClN22O25S. The Labute approximate surface area is 868 Å². The first-order valence-electron chi connectivity index (χ1n) is 48.6. The number of phenolic OH excluding ortho intramolecular Hbond substituents is 1. The van der Waals surface area contributed by atoms with Gasteiger partial charge < -0.3 is 150 Å². The van der Waals surface area contributed by atoms with Gasteiger partial charge in [-0.05, 0) is 179 Å². The molecule has 0 aliphatic carbocycles. The number of carbonyl (C=O) groups is 19.